The van der Waals surface area contributed by atoms with E-state index in [2.05, 4.69) is 4.98 Å². The summed E-state index contributed by atoms with van der Waals surface area (Å²) in [6.07, 6.45) is 0.755. The molecule has 1 aromatic rings. The molecule has 0 saturated carbocycles. The molecule has 0 radical (unpaired) electrons. The number of carbonyl (C=O) groups is 1. The second-order valence-electron chi connectivity index (χ2n) is 2.96. The van der Waals surface area contributed by atoms with Gasteiger partial charge >= 0.3 is 0 Å². The molecule has 0 fully saturated rings. The molecule has 0 aromatic carbocycles. The van der Waals surface area contributed by atoms with Gasteiger partial charge in [-0.05, 0) is 12.0 Å². The van der Waals surface area contributed by atoms with Gasteiger partial charge in [-0.3, -0.25) is 9.59 Å². The van der Waals surface area contributed by atoms with E-state index in [0.29, 0.717) is 11.3 Å². The van der Waals surface area contributed by atoms with Crippen molar-refractivity contribution in [3.8, 4) is 0 Å². The first-order chi connectivity index (χ1) is 5.65. The van der Waals surface area contributed by atoms with E-state index >= 15 is 0 Å². The van der Waals surface area contributed by atoms with Crippen molar-refractivity contribution in [1.82, 2.24) is 4.98 Å². The van der Waals surface area contributed by atoms with Crippen molar-refractivity contribution in [3.05, 3.63) is 33.7 Å². The van der Waals surface area contributed by atoms with Crippen LogP contribution in [0.25, 0.3) is 0 Å². The van der Waals surface area contributed by atoms with Crippen molar-refractivity contribution < 1.29 is 4.79 Å². The van der Waals surface area contributed by atoms with Crippen LogP contribution in [-0.4, -0.2) is 11.3 Å². The van der Waals surface area contributed by atoms with Gasteiger partial charge in [-0.25, -0.2) is 0 Å². The maximum absolute atomic E-state index is 10.9. The van der Waals surface area contributed by atoms with E-state index in [1.165, 1.54) is 6.07 Å². The molecule has 1 rings (SSSR count). The lowest BCUT2D eigenvalue weighted by Crippen LogP contribution is -2.10. The number of H-pyrrole nitrogens is 1. The molecule has 0 aliphatic heterocycles. The fourth-order valence-electron chi connectivity index (χ4n) is 1.08. The van der Waals surface area contributed by atoms with E-state index in [1.807, 2.05) is 13.8 Å². The molecule has 0 spiro atoms. The Labute approximate surface area is 70.4 Å². The van der Waals surface area contributed by atoms with Gasteiger partial charge in [0.15, 0.2) is 6.29 Å². The van der Waals surface area contributed by atoms with Crippen LogP contribution in [0.15, 0.2) is 16.9 Å². The van der Waals surface area contributed by atoms with Crippen LogP contribution in [0.4, 0.5) is 0 Å². The van der Waals surface area contributed by atoms with Crippen molar-refractivity contribution in [2.75, 3.05) is 0 Å². The summed E-state index contributed by atoms with van der Waals surface area (Å²) in [4.78, 5) is 24.1. The molecule has 12 heavy (non-hydrogen) atoms. The molecule has 1 N–H and O–H groups in total. The van der Waals surface area contributed by atoms with Crippen molar-refractivity contribution in [1.29, 1.82) is 0 Å². The standard InChI is InChI=1S/C9H11NO2/c1-6(2)9-7(5-11)3-4-8(12)10-9/h3-6H,1-2H3,(H,10,12). The van der Waals surface area contributed by atoms with Crippen molar-refractivity contribution in [2.24, 2.45) is 0 Å². The van der Waals surface area contributed by atoms with Crippen molar-refractivity contribution in [2.45, 2.75) is 19.8 Å². The van der Waals surface area contributed by atoms with Gasteiger partial charge in [0.2, 0.25) is 5.56 Å². The zero-order chi connectivity index (χ0) is 9.14. The third kappa shape index (κ3) is 1.61. The molecule has 1 heterocycles. The lowest BCUT2D eigenvalue weighted by Gasteiger charge is -2.06. The van der Waals surface area contributed by atoms with Crippen LogP contribution in [0.1, 0.15) is 35.8 Å². The van der Waals surface area contributed by atoms with E-state index < -0.39 is 0 Å². The average molecular weight is 165 g/mol. The van der Waals surface area contributed by atoms with Gasteiger partial charge in [0, 0.05) is 17.3 Å². The third-order valence-electron chi connectivity index (χ3n) is 1.69. The summed E-state index contributed by atoms with van der Waals surface area (Å²) in [6, 6.07) is 2.90. The molecular formula is C9H11NO2. The molecule has 0 atom stereocenters. The molecule has 3 nitrogen and oxygen atoms in total. The Kier molecular flexibility index (Phi) is 2.43. The fraction of sp³-hybridized carbons (Fsp3) is 0.333. The highest BCUT2D eigenvalue weighted by Gasteiger charge is 2.05. The summed E-state index contributed by atoms with van der Waals surface area (Å²) in [6.45, 7) is 3.86. The second-order valence-corrected chi connectivity index (χ2v) is 2.96. The molecule has 0 bridgehead atoms. The van der Waals surface area contributed by atoms with Crippen LogP contribution in [0.2, 0.25) is 0 Å². The molecule has 64 valence electrons. The number of aldehydes is 1. The van der Waals surface area contributed by atoms with Crippen LogP contribution in [0, 0.1) is 0 Å². The molecule has 3 heteroatoms. The van der Waals surface area contributed by atoms with Crippen molar-refractivity contribution >= 4 is 6.29 Å². The van der Waals surface area contributed by atoms with E-state index in [9.17, 15) is 9.59 Å². The third-order valence-corrected chi connectivity index (χ3v) is 1.69. The molecular weight excluding hydrogens is 154 g/mol. The second kappa shape index (κ2) is 3.34. The van der Waals surface area contributed by atoms with Crippen LogP contribution in [0.5, 0.6) is 0 Å². The summed E-state index contributed by atoms with van der Waals surface area (Å²) < 4.78 is 0. The highest BCUT2D eigenvalue weighted by atomic mass is 16.1. The Morgan fingerprint density at radius 2 is 2.08 bits per heavy atom. The monoisotopic (exact) mass is 165 g/mol. The van der Waals surface area contributed by atoms with Gasteiger partial charge in [-0.2, -0.15) is 0 Å². The minimum Gasteiger partial charge on any atom is -0.325 e. The lowest BCUT2D eigenvalue weighted by atomic mass is 10.1. The summed E-state index contributed by atoms with van der Waals surface area (Å²) in [5.74, 6) is 0.166. The highest BCUT2D eigenvalue weighted by molar-refractivity contribution is 5.76. The smallest absolute Gasteiger partial charge is 0.248 e. The van der Waals surface area contributed by atoms with E-state index in [4.69, 9.17) is 0 Å². The zero-order valence-corrected chi connectivity index (χ0v) is 7.13. The first-order valence-corrected chi connectivity index (χ1v) is 3.83. The normalized spacial score (nSPS) is 10.2. The molecule has 0 amide bonds. The Balaban J connectivity index is 3.31. The largest absolute Gasteiger partial charge is 0.325 e. The molecule has 0 aliphatic carbocycles. The molecule has 0 saturated heterocycles. The predicted molar refractivity (Wildman–Crippen MR) is 46.5 cm³/mol. The number of hydrogen-bond acceptors (Lipinski definition) is 2. The lowest BCUT2D eigenvalue weighted by molar-refractivity contribution is 0.112. The Bertz CT molecular complexity index is 339. The fourth-order valence-corrected chi connectivity index (χ4v) is 1.08. The Morgan fingerprint density at radius 1 is 1.42 bits per heavy atom. The average Bonchev–Trinajstić information content (AvgIpc) is 2.04. The van der Waals surface area contributed by atoms with Gasteiger partial charge in [-0.1, -0.05) is 13.8 Å². The summed E-state index contributed by atoms with van der Waals surface area (Å²) in [7, 11) is 0. The van der Waals surface area contributed by atoms with Gasteiger partial charge in [0.1, 0.15) is 0 Å². The van der Waals surface area contributed by atoms with Crippen LogP contribution < -0.4 is 5.56 Å². The van der Waals surface area contributed by atoms with E-state index in [1.54, 1.807) is 6.07 Å². The van der Waals surface area contributed by atoms with Crippen LogP contribution in [-0.2, 0) is 0 Å². The SMILES string of the molecule is CC(C)c1[nH]c(=O)ccc1C=O. The molecule has 0 aliphatic rings. The van der Waals surface area contributed by atoms with Gasteiger partial charge in [0.05, 0.1) is 0 Å². The molecule has 0 unspecified atom stereocenters. The minimum atomic E-state index is -0.163. The van der Waals surface area contributed by atoms with E-state index in [0.717, 1.165) is 6.29 Å². The first-order valence-electron chi connectivity index (χ1n) is 3.83. The van der Waals surface area contributed by atoms with Crippen molar-refractivity contribution in [3.63, 3.8) is 0 Å². The van der Waals surface area contributed by atoms with Gasteiger partial charge < -0.3 is 4.98 Å². The molecule has 1 aromatic heterocycles. The number of hydrogen-bond donors (Lipinski definition) is 1. The van der Waals surface area contributed by atoms with Gasteiger partial charge in [0.25, 0.3) is 0 Å². The van der Waals surface area contributed by atoms with Crippen LogP contribution >= 0.6 is 0 Å². The zero-order valence-electron chi connectivity index (χ0n) is 7.13. The highest BCUT2D eigenvalue weighted by Crippen LogP contribution is 2.12. The Hall–Kier alpha value is -1.38. The maximum atomic E-state index is 10.9. The Morgan fingerprint density at radius 3 is 2.58 bits per heavy atom. The van der Waals surface area contributed by atoms with Crippen LogP contribution in [0.3, 0.4) is 0 Å². The number of aromatic nitrogens is 1. The number of aromatic amines is 1. The number of pyridine rings is 1. The van der Waals surface area contributed by atoms with E-state index in [-0.39, 0.29) is 11.5 Å². The summed E-state index contributed by atoms with van der Waals surface area (Å²) in [5, 5.41) is 0. The number of rotatable bonds is 2. The van der Waals surface area contributed by atoms with Gasteiger partial charge in [-0.15, -0.1) is 0 Å². The topological polar surface area (TPSA) is 49.9 Å². The maximum Gasteiger partial charge on any atom is 0.248 e. The summed E-state index contributed by atoms with van der Waals surface area (Å²) in [5.41, 5.74) is 1.10. The number of carbonyl (C=O) groups excluding carboxylic acids is 1. The quantitative estimate of drug-likeness (QED) is 0.672. The first kappa shape index (κ1) is 8.71. The minimum absolute atomic E-state index is 0.163. The summed E-state index contributed by atoms with van der Waals surface area (Å²) >= 11 is 0. The predicted octanol–water partition coefficient (Wildman–Crippen LogP) is 1.31. The number of nitrogens with one attached hydrogen (secondary N) is 1.